The standard InChI is InChI=1S/C55H34/c1-55(2)50-29-32(31-19-22-37-33(27-31)17-18-35-28-49-41-12-6-5-11-40(41)46-15-8-16-48(52(35)37)54(46)49)20-23-42(50)43-24-21-34(30-51(43)55)36-25-26-47-39-10-4-3-9-38(39)45-14-7-13-44(36)53(45)47/h3-30H,1-2H3. The summed E-state index contributed by atoms with van der Waals surface area (Å²) in [5.41, 5.74) is 21.3. The van der Waals surface area contributed by atoms with E-state index in [2.05, 4.69) is 184 Å². The highest BCUT2D eigenvalue weighted by Gasteiger charge is 2.36. The van der Waals surface area contributed by atoms with Gasteiger partial charge in [0.05, 0.1) is 0 Å². The predicted octanol–water partition coefficient (Wildman–Crippen LogP) is 15.2. The topological polar surface area (TPSA) is 0 Å². The molecule has 0 atom stereocenters. The van der Waals surface area contributed by atoms with Gasteiger partial charge >= 0.3 is 0 Å². The Bertz CT molecular complexity index is 3360. The minimum absolute atomic E-state index is 0.132. The third kappa shape index (κ3) is 3.77. The van der Waals surface area contributed by atoms with Crippen LogP contribution in [0, 0.1) is 0 Å². The summed E-state index contributed by atoms with van der Waals surface area (Å²) >= 11 is 0. The van der Waals surface area contributed by atoms with Crippen LogP contribution in [0.1, 0.15) is 25.0 Å². The van der Waals surface area contributed by atoms with Crippen molar-refractivity contribution in [2.24, 2.45) is 0 Å². The Labute approximate surface area is 320 Å². The van der Waals surface area contributed by atoms with Crippen molar-refractivity contribution in [3.63, 3.8) is 0 Å². The van der Waals surface area contributed by atoms with Crippen molar-refractivity contribution >= 4 is 43.1 Å². The van der Waals surface area contributed by atoms with Gasteiger partial charge in [0.2, 0.25) is 0 Å². The Morgan fingerprint density at radius 2 is 0.764 bits per heavy atom. The molecule has 254 valence electrons. The first-order chi connectivity index (χ1) is 27.0. The van der Waals surface area contributed by atoms with E-state index in [0.717, 1.165) is 0 Å². The second kappa shape index (κ2) is 10.3. The molecule has 0 unspecified atom stereocenters. The Morgan fingerprint density at radius 1 is 0.273 bits per heavy atom. The van der Waals surface area contributed by atoms with Crippen molar-refractivity contribution in [1.29, 1.82) is 0 Å². The maximum Gasteiger partial charge on any atom is 0.0159 e. The fourth-order valence-electron chi connectivity index (χ4n) is 10.8. The molecule has 0 aliphatic heterocycles. The summed E-state index contributed by atoms with van der Waals surface area (Å²) in [5, 5.41) is 10.7. The van der Waals surface area contributed by atoms with Gasteiger partial charge in [-0.2, -0.15) is 0 Å². The zero-order valence-electron chi connectivity index (χ0n) is 30.7. The Morgan fingerprint density at radius 3 is 1.47 bits per heavy atom. The minimum Gasteiger partial charge on any atom is -0.0616 e. The van der Waals surface area contributed by atoms with Crippen LogP contribution < -0.4 is 0 Å². The quantitative estimate of drug-likeness (QED) is 0.158. The summed E-state index contributed by atoms with van der Waals surface area (Å²) in [4.78, 5) is 0. The molecule has 0 fully saturated rings. The molecule has 0 amide bonds. The lowest BCUT2D eigenvalue weighted by Crippen LogP contribution is -2.15. The van der Waals surface area contributed by atoms with Gasteiger partial charge in [-0.3, -0.25) is 0 Å². The van der Waals surface area contributed by atoms with E-state index >= 15 is 0 Å². The van der Waals surface area contributed by atoms with E-state index in [-0.39, 0.29) is 5.41 Å². The highest BCUT2D eigenvalue weighted by Crippen LogP contribution is 2.54. The van der Waals surface area contributed by atoms with Gasteiger partial charge in [-0.15, -0.1) is 0 Å². The molecule has 10 aromatic carbocycles. The minimum atomic E-state index is -0.132. The zero-order chi connectivity index (χ0) is 36.2. The molecule has 0 heteroatoms. The molecule has 0 saturated heterocycles. The van der Waals surface area contributed by atoms with Crippen LogP contribution in [0.5, 0.6) is 0 Å². The van der Waals surface area contributed by atoms with Gasteiger partial charge in [-0.1, -0.05) is 159 Å². The van der Waals surface area contributed by atoms with Crippen LogP contribution in [0.15, 0.2) is 170 Å². The van der Waals surface area contributed by atoms with Crippen LogP contribution in [0.3, 0.4) is 0 Å². The van der Waals surface area contributed by atoms with Crippen molar-refractivity contribution in [1.82, 2.24) is 0 Å². The fourth-order valence-corrected chi connectivity index (χ4v) is 10.8. The average Bonchev–Trinajstić information content (AvgIpc) is 3.82. The van der Waals surface area contributed by atoms with E-state index in [9.17, 15) is 0 Å². The van der Waals surface area contributed by atoms with E-state index in [1.165, 1.54) is 132 Å². The van der Waals surface area contributed by atoms with Crippen LogP contribution in [0.25, 0.3) is 121 Å². The molecule has 0 aromatic heterocycles. The van der Waals surface area contributed by atoms with Gasteiger partial charge in [-0.25, -0.2) is 0 Å². The second-order valence-electron chi connectivity index (χ2n) is 16.4. The molecule has 0 saturated carbocycles. The first kappa shape index (κ1) is 29.7. The molecule has 0 bridgehead atoms. The zero-order valence-corrected chi connectivity index (χ0v) is 30.7. The van der Waals surface area contributed by atoms with Gasteiger partial charge in [-0.05, 0) is 156 Å². The van der Waals surface area contributed by atoms with Gasteiger partial charge in [0.15, 0.2) is 0 Å². The number of hydrogen-bond acceptors (Lipinski definition) is 0. The maximum absolute atomic E-state index is 2.47. The van der Waals surface area contributed by atoms with E-state index < -0.39 is 0 Å². The van der Waals surface area contributed by atoms with Crippen molar-refractivity contribution in [3.05, 3.63) is 181 Å². The number of hydrogen-bond donors (Lipinski definition) is 0. The SMILES string of the molecule is CC1(C)c2cc(-c3ccc4c(ccc5cc6c7c(cccc7c54)-c4ccccc4-6)c3)ccc2-c2ccc(-c3ccc4c5c(cccc35)-c3ccccc3-4)cc21. The van der Waals surface area contributed by atoms with Crippen molar-refractivity contribution < 1.29 is 0 Å². The average molecular weight is 695 g/mol. The van der Waals surface area contributed by atoms with Crippen molar-refractivity contribution in [3.8, 4) is 77.9 Å². The van der Waals surface area contributed by atoms with Gasteiger partial charge in [0, 0.05) is 5.41 Å². The smallest absolute Gasteiger partial charge is 0.0159 e. The molecule has 0 radical (unpaired) electrons. The van der Waals surface area contributed by atoms with Crippen LogP contribution in [0.2, 0.25) is 0 Å². The second-order valence-corrected chi connectivity index (χ2v) is 16.4. The van der Waals surface area contributed by atoms with Gasteiger partial charge in [0.25, 0.3) is 0 Å². The normalized spacial score (nSPS) is 13.8. The molecule has 0 heterocycles. The van der Waals surface area contributed by atoms with E-state index in [1.807, 2.05) is 0 Å². The fraction of sp³-hybridized carbons (Fsp3) is 0.0545. The largest absolute Gasteiger partial charge is 0.0616 e. The molecule has 0 N–H and O–H groups in total. The Hall–Kier alpha value is -6.76. The molecular formula is C55H34. The maximum atomic E-state index is 2.47. The van der Waals surface area contributed by atoms with Crippen LogP contribution in [-0.4, -0.2) is 0 Å². The Balaban J connectivity index is 0.908. The summed E-state index contributed by atoms with van der Waals surface area (Å²) in [6.45, 7) is 4.81. The number of benzene rings is 10. The highest BCUT2D eigenvalue weighted by molar-refractivity contribution is 6.29. The lowest BCUT2D eigenvalue weighted by atomic mass is 9.80. The number of rotatable bonds is 2. The van der Waals surface area contributed by atoms with Crippen LogP contribution in [0.4, 0.5) is 0 Å². The van der Waals surface area contributed by atoms with Crippen LogP contribution in [-0.2, 0) is 5.41 Å². The van der Waals surface area contributed by atoms with E-state index in [1.54, 1.807) is 0 Å². The molecule has 3 aliphatic carbocycles. The molecule has 55 heavy (non-hydrogen) atoms. The summed E-state index contributed by atoms with van der Waals surface area (Å²) in [6.07, 6.45) is 0. The van der Waals surface area contributed by atoms with E-state index in [4.69, 9.17) is 0 Å². The highest BCUT2D eigenvalue weighted by atomic mass is 14.4. The third-order valence-corrected chi connectivity index (χ3v) is 13.3. The predicted molar refractivity (Wildman–Crippen MR) is 234 cm³/mol. The molecule has 10 aromatic rings. The molecule has 3 aliphatic rings. The number of fused-ring (bicyclic) bond motifs is 13. The van der Waals surface area contributed by atoms with Crippen molar-refractivity contribution in [2.75, 3.05) is 0 Å². The first-order valence-corrected chi connectivity index (χ1v) is 19.5. The summed E-state index contributed by atoms with van der Waals surface area (Å²) in [7, 11) is 0. The summed E-state index contributed by atoms with van der Waals surface area (Å²) in [6, 6.07) is 64.5. The van der Waals surface area contributed by atoms with Crippen molar-refractivity contribution in [2.45, 2.75) is 19.3 Å². The lowest BCUT2D eigenvalue weighted by molar-refractivity contribution is 0.661. The molecular weight excluding hydrogens is 661 g/mol. The summed E-state index contributed by atoms with van der Waals surface area (Å²) < 4.78 is 0. The van der Waals surface area contributed by atoms with E-state index in [0.29, 0.717) is 0 Å². The molecule has 13 rings (SSSR count). The van der Waals surface area contributed by atoms with Crippen LogP contribution >= 0.6 is 0 Å². The molecule has 0 nitrogen and oxygen atoms in total. The third-order valence-electron chi connectivity index (χ3n) is 13.3. The monoisotopic (exact) mass is 694 g/mol. The molecule has 0 spiro atoms. The first-order valence-electron chi connectivity index (χ1n) is 19.5. The lowest BCUT2D eigenvalue weighted by Gasteiger charge is -2.23. The van der Waals surface area contributed by atoms with Gasteiger partial charge in [0.1, 0.15) is 0 Å². The Kier molecular flexibility index (Phi) is 5.53. The van der Waals surface area contributed by atoms with Gasteiger partial charge < -0.3 is 0 Å². The summed E-state index contributed by atoms with van der Waals surface area (Å²) in [5.74, 6) is 0.